The SMILES string of the molecule is COc1ccc(-c2cn(C(=O)C3=CC=CNC3)c3ncccc23)cc1OC. The lowest BCUT2D eigenvalue weighted by Crippen LogP contribution is -2.22. The molecule has 0 saturated heterocycles. The minimum atomic E-state index is -0.0951. The smallest absolute Gasteiger partial charge is 0.261 e. The van der Waals surface area contributed by atoms with E-state index in [1.165, 1.54) is 0 Å². The lowest BCUT2D eigenvalue weighted by Gasteiger charge is -2.10. The number of dihydropyridines is 1. The van der Waals surface area contributed by atoms with E-state index >= 15 is 0 Å². The quantitative estimate of drug-likeness (QED) is 0.771. The number of aromatic nitrogens is 2. The third kappa shape index (κ3) is 2.95. The second kappa shape index (κ2) is 6.99. The van der Waals surface area contributed by atoms with Gasteiger partial charge in [-0.25, -0.2) is 4.98 Å². The van der Waals surface area contributed by atoms with Gasteiger partial charge in [0.1, 0.15) is 5.65 Å². The van der Waals surface area contributed by atoms with Crippen LogP contribution >= 0.6 is 0 Å². The first-order valence-corrected chi connectivity index (χ1v) is 8.55. The number of carbonyl (C=O) groups is 1. The zero-order valence-electron chi connectivity index (χ0n) is 15.1. The van der Waals surface area contributed by atoms with E-state index < -0.39 is 0 Å². The summed E-state index contributed by atoms with van der Waals surface area (Å²) in [7, 11) is 3.21. The van der Waals surface area contributed by atoms with Gasteiger partial charge in [0.25, 0.3) is 5.91 Å². The average Bonchev–Trinajstić information content (AvgIpc) is 3.13. The van der Waals surface area contributed by atoms with Crippen molar-refractivity contribution in [1.29, 1.82) is 0 Å². The van der Waals surface area contributed by atoms with Crippen LogP contribution in [0.15, 0.2) is 66.7 Å². The minimum Gasteiger partial charge on any atom is -0.493 e. The van der Waals surface area contributed by atoms with Crippen molar-refractivity contribution in [3.63, 3.8) is 0 Å². The van der Waals surface area contributed by atoms with E-state index in [0.29, 0.717) is 29.3 Å². The van der Waals surface area contributed by atoms with E-state index in [-0.39, 0.29) is 5.91 Å². The highest BCUT2D eigenvalue weighted by Gasteiger charge is 2.19. The summed E-state index contributed by atoms with van der Waals surface area (Å²) in [5.74, 6) is 1.20. The number of pyridine rings is 1. The van der Waals surface area contributed by atoms with Gasteiger partial charge in [0.2, 0.25) is 0 Å². The van der Waals surface area contributed by atoms with Crippen LogP contribution in [0.1, 0.15) is 4.79 Å². The molecule has 1 N–H and O–H groups in total. The maximum absolute atomic E-state index is 13.0. The van der Waals surface area contributed by atoms with Crippen LogP contribution in [-0.4, -0.2) is 36.2 Å². The Morgan fingerprint density at radius 1 is 1.19 bits per heavy atom. The molecule has 1 aromatic carbocycles. The van der Waals surface area contributed by atoms with Crippen LogP contribution in [-0.2, 0) is 0 Å². The summed E-state index contributed by atoms with van der Waals surface area (Å²) in [4.78, 5) is 17.5. The predicted molar refractivity (Wildman–Crippen MR) is 104 cm³/mol. The Kier molecular flexibility index (Phi) is 4.38. The summed E-state index contributed by atoms with van der Waals surface area (Å²) in [6, 6.07) is 9.53. The standard InChI is InChI=1S/C21H19N3O3/c1-26-18-8-7-14(11-19(18)27-2)17-13-24(20-16(17)6-4-10-23-20)21(25)15-5-3-9-22-12-15/h3-11,13,22H,12H2,1-2H3. The number of allylic oxidation sites excluding steroid dienone is 2. The highest BCUT2D eigenvalue weighted by molar-refractivity contribution is 6.05. The zero-order chi connectivity index (χ0) is 18.8. The average molecular weight is 361 g/mol. The number of hydrogen-bond donors (Lipinski definition) is 1. The van der Waals surface area contributed by atoms with Crippen LogP contribution in [0.25, 0.3) is 22.2 Å². The number of rotatable bonds is 4. The van der Waals surface area contributed by atoms with Crippen LogP contribution in [0, 0.1) is 0 Å². The maximum atomic E-state index is 13.0. The molecule has 0 atom stereocenters. The van der Waals surface area contributed by atoms with Crippen LogP contribution < -0.4 is 14.8 Å². The van der Waals surface area contributed by atoms with E-state index in [9.17, 15) is 4.79 Å². The highest BCUT2D eigenvalue weighted by Crippen LogP contribution is 2.36. The molecule has 2 aromatic heterocycles. The molecule has 136 valence electrons. The number of nitrogens with one attached hydrogen (secondary N) is 1. The molecule has 0 fully saturated rings. The fourth-order valence-corrected chi connectivity index (χ4v) is 3.21. The van der Waals surface area contributed by atoms with Gasteiger partial charge in [0, 0.05) is 35.5 Å². The fourth-order valence-electron chi connectivity index (χ4n) is 3.21. The van der Waals surface area contributed by atoms with Crippen LogP contribution in [0.4, 0.5) is 0 Å². The normalized spacial score (nSPS) is 13.2. The Morgan fingerprint density at radius 3 is 2.78 bits per heavy atom. The van der Waals surface area contributed by atoms with Crippen molar-refractivity contribution in [1.82, 2.24) is 14.9 Å². The second-order valence-corrected chi connectivity index (χ2v) is 6.09. The van der Waals surface area contributed by atoms with Gasteiger partial charge < -0.3 is 14.8 Å². The molecule has 0 saturated carbocycles. The lowest BCUT2D eigenvalue weighted by molar-refractivity contribution is 0.0957. The summed E-state index contributed by atoms with van der Waals surface area (Å²) in [5, 5.41) is 3.97. The number of hydrogen-bond acceptors (Lipinski definition) is 5. The van der Waals surface area contributed by atoms with Crippen molar-refractivity contribution in [3.05, 3.63) is 66.7 Å². The predicted octanol–water partition coefficient (Wildman–Crippen LogP) is 3.40. The van der Waals surface area contributed by atoms with Crippen molar-refractivity contribution in [3.8, 4) is 22.6 Å². The fraction of sp³-hybridized carbons (Fsp3) is 0.143. The molecule has 6 nitrogen and oxygen atoms in total. The van der Waals surface area contributed by atoms with Gasteiger partial charge in [0.05, 0.1) is 14.2 Å². The molecule has 0 amide bonds. The van der Waals surface area contributed by atoms with Gasteiger partial charge in [-0.1, -0.05) is 12.1 Å². The first-order valence-electron chi connectivity index (χ1n) is 8.55. The van der Waals surface area contributed by atoms with Crippen molar-refractivity contribution >= 4 is 16.9 Å². The van der Waals surface area contributed by atoms with Gasteiger partial charge >= 0.3 is 0 Å². The van der Waals surface area contributed by atoms with E-state index in [0.717, 1.165) is 16.5 Å². The van der Waals surface area contributed by atoms with Crippen molar-refractivity contribution in [2.75, 3.05) is 20.8 Å². The van der Waals surface area contributed by atoms with Crippen molar-refractivity contribution < 1.29 is 14.3 Å². The molecule has 4 rings (SSSR count). The molecular weight excluding hydrogens is 342 g/mol. The van der Waals surface area contributed by atoms with E-state index in [1.54, 1.807) is 25.0 Å². The van der Waals surface area contributed by atoms with Crippen LogP contribution in [0.2, 0.25) is 0 Å². The van der Waals surface area contributed by atoms with Gasteiger partial charge in [-0.3, -0.25) is 9.36 Å². The minimum absolute atomic E-state index is 0.0951. The van der Waals surface area contributed by atoms with Gasteiger partial charge in [-0.2, -0.15) is 0 Å². The summed E-state index contributed by atoms with van der Waals surface area (Å²) < 4.78 is 12.3. The molecule has 0 aliphatic carbocycles. The third-order valence-electron chi connectivity index (χ3n) is 4.56. The Hall–Kier alpha value is -3.54. The topological polar surface area (TPSA) is 65.4 Å². The summed E-state index contributed by atoms with van der Waals surface area (Å²) in [5.41, 5.74) is 3.14. The van der Waals surface area contributed by atoms with Gasteiger partial charge in [-0.15, -0.1) is 0 Å². The van der Waals surface area contributed by atoms with Gasteiger partial charge in [-0.05, 0) is 42.1 Å². The Bertz CT molecular complexity index is 1080. The molecule has 0 bridgehead atoms. The maximum Gasteiger partial charge on any atom is 0.261 e. The van der Waals surface area contributed by atoms with E-state index in [4.69, 9.17) is 9.47 Å². The monoisotopic (exact) mass is 361 g/mol. The van der Waals surface area contributed by atoms with Gasteiger partial charge in [0.15, 0.2) is 11.5 Å². The second-order valence-electron chi connectivity index (χ2n) is 6.09. The molecule has 0 radical (unpaired) electrons. The largest absolute Gasteiger partial charge is 0.493 e. The number of methoxy groups -OCH3 is 2. The number of ether oxygens (including phenoxy) is 2. The highest BCUT2D eigenvalue weighted by atomic mass is 16.5. The summed E-state index contributed by atoms with van der Waals surface area (Å²) >= 11 is 0. The number of benzene rings is 1. The van der Waals surface area contributed by atoms with Crippen molar-refractivity contribution in [2.24, 2.45) is 0 Å². The third-order valence-corrected chi connectivity index (χ3v) is 4.56. The lowest BCUT2D eigenvalue weighted by atomic mass is 10.1. The first kappa shape index (κ1) is 16.9. The molecule has 1 aliphatic heterocycles. The molecule has 6 heteroatoms. The molecule has 1 aliphatic rings. The first-order chi connectivity index (χ1) is 13.2. The molecule has 0 unspecified atom stereocenters. The molecule has 3 aromatic rings. The van der Waals surface area contributed by atoms with E-state index in [2.05, 4.69) is 10.3 Å². The number of fused-ring (bicyclic) bond motifs is 1. The van der Waals surface area contributed by atoms with Crippen LogP contribution in [0.3, 0.4) is 0 Å². The number of carbonyl (C=O) groups excluding carboxylic acids is 1. The summed E-state index contributed by atoms with van der Waals surface area (Å²) in [6.45, 7) is 0.494. The molecule has 0 spiro atoms. The summed E-state index contributed by atoms with van der Waals surface area (Å²) in [6.07, 6.45) is 8.99. The molecule has 27 heavy (non-hydrogen) atoms. The Labute approximate surface area is 156 Å². The molecule has 3 heterocycles. The Balaban J connectivity index is 1.87. The zero-order valence-corrected chi connectivity index (χ0v) is 15.1. The number of nitrogens with zero attached hydrogens (tertiary/aromatic N) is 2. The van der Waals surface area contributed by atoms with Crippen molar-refractivity contribution in [2.45, 2.75) is 0 Å². The Morgan fingerprint density at radius 2 is 2.04 bits per heavy atom. The van der Waals surface area contributed by atoms with E-state index in [1.807, 2.05) is 54.9 Å². The van der Waals surface area contributed by atoms with Crippen LogP contribution in [0.5, 0.6) is 11.5 Å². The molecular formula is C21H19N3O3.